The average molecular weight is 344 g/mol. The molecule has 2 unspecified atom stereocenters. The Hall–Kier alpha value is -2.28. The maximum atomic E-state index is 12.4. The topological polar surface area (TPSA) is 81.3 Å². The van der Waals surface area contributed by atoms with Gasteiger partial charge in [-0.25, -0.2) is 4.79 Å². The minimum absolute atomic E-state index is 0.00180. The van der Waals surface area contributed by atoms with Gasteiger partial charge in [-0.15, -0.1) is 0 Å². The second-order valence-electron chi connectivity index (χ2n) is 6.83. The Balaban J connectivity index is 1.41. The fraction of sp³-hybridized carbons (Fsp3) is 0.556. The van der Waals surface area contributed by atoms with Crippen molar-refractivity contribution in [2.75, 3.05) is 18.5 Å². The highest BCUT2D eigenvalue weighted by molar-refractivity contribution is 5.88. The molecule has 2 atom stereocenters. The first-order valence-corrected chi connectivity index (χ1v) is 8.96. The van der Waals surface area contributed by atoms with Crippen molar-refractivity contribution < 1.29 is 13.9 Å². The standard InChI is InChI=1S/C18H24N4O3/c1-22-17(10-15(21-22)12-4-3-8-24-11-12)20-18(23)19-14-5-2-6-16-13(14)7-9-25-16/h7,9-10,12,14H,2-6,8,11H2,1H3,(H2,19,20,23). The molecule has 2 aliphatic rings. The molecule has 0 aromatic carbocycles. The van der Waals surface area contributed by atoms with E-state index in [0.717, 1.165) is 55.7 Å². The van der Waals surface area contributed by atoms with E-state index in [4.69, 9.17) is 9.15 Å². The van der Waals surface area contributed by atoms with E-state index in [2.05, 4.69) is 15.7 Å². The van der Waals surface area contributed by atoms with Crippen molar-refractivity contribution in [1.29, 1.82) is 0 Å². The van der Waals surface area contributed by atoms with Crippen LogP contribution in [0.5, 0.6) is 0 Å². The third-order valence-corrected chi connectivity index (χ3v) is 5.08. The predicted octanol–water partition coefficient (Wildman–Crippen LogP) is 3.11. The lowest BCUT2D eigenvalue weighted by Gasteiger charge is -2.22. The molecule has 0 radical (unpaired) electrons. The second-order valence-corrected chi connectivity index (χ2v) is 6.83. The van der Waals surface area contributed by atoms with E-state index in [1.807, 2.05) is 19.2 Å². The molecule has 2 aromatic rings. The largest absolute Gasteiger partial charge is 0.469 e. The highest BCUT2D eigenvalue weighted by Crippen LogP contribution is 2.30. The molecule has 7 nitrogen and oxygen atoms in total. The number of hydrogen-bond donors (Lipinski definition) is 2. The van der Waals surface area contributed by atoms with Crippen molar-refractivity contribution in [3.05, 3.63) is 35.4 Å². The number of aromatic nitrogens is 2. The van der Waals surface area contributed by atoms with Gasteiger partial charge in [0.15, 0.2) is 0 Å². The molecule has 2 amide bonds. The molecule has 1 saturated heterocycles. The SMILES string of the molecule is Cn1nc(C2CCCOC2)cc1NC(=O)NC1CCCc2occc21. The summed E-state index contributed by atoms with van der Waals surface area (Å²) in [7, 11) is 1.84. The molecule has 0 bridgehead atoms. The first-order chi connectivity index (χ1) is 12.2. The number of urea groups is 1. The van der Waals surface area contributed by atoms with Crippen molar-refractivity contribution in [3.63, 3.8) is 0 Å². The van der Waals surface area contributed by atoms with Crippen molar-refractivity contribution in [3.8, 4) is 0 Å². The number of carbonyl (C=O) groups is 1. The van der Waals surface area contributed by atoms with Crippen LogP contribution in [-0.2, 0) is 18.2 Å². The minimum atomic E-state index is -0.214. The Morgan fingerprint density at radius 1 is 1.36 bits per heavy atom. The molecule has 1 aliphatic heterocycles. The van der Waals surface area contributed by atoms with Crippen LogP contribution >= 0.6 is 0 Å². The molecule has 2 aromatic heterocycles. The third kappa shape index (κ3) is 3.42. The van der Waals surface area contributed by atoms with Gasteiger partial charge >= 0.3 is 6.03 Å². The fourth-order valence-electron chi connectivity index (χ4n) is 3.73. The molecule has 3 heterocycles. The van der Waals surface area contributed by atoms with Gasteiger partial charge in [-0.05, 0) is 31.7 Å². The number of aryl methyl sites for hydroxylation is 2. The lowest BCUT2D eigenvalue weighted by Crippen LogP contribution is -2.34. The first kappa shape index (κ1) is 16.2. The van der Waals surface area contributed by atoms with Gasteiger partial charge in [-0.2, -0.15) is 5.10 Å². The maximum absolute atomic E-state index is 12.4. The predicted molar refractivity (Wildman–Crippen MR) is 92.5 cm³/mol. The third-order valence-electron chi connectivity index (χ3n) is 5.08. The molecular weight excluding hydrogens is 320 g/mol. The highest BCUT2D eigenvalue weighted by atomic mass is 16.5. The molecule has 25 heavy (non-hydrogen) atoms. The Kier molecular flexibility index (Phi) is 4.48. The number of nitrogens with zero attached hydrogens (tertiary/aromatic N) is 2. The summed E-state index contributed by atoms with van der Waals surface area (Å²) < 4.78 is 12.7. The molecule has 0 saturated carbocycles. The van der Waals surface area contributed by atoms with E-state index < -0.39 is 0 Å². The van der Waals surface area contributed by atoms with Crippen LogP contribution in [0.4, 0.5) is 10.6 Å². The van der Waals surface area contributed by atoms with Gasteiger partial charge in [0.2, 0.25) is 0 Å². The van der Waals surface area contributed by atoms with Crippen LogP contribution in [0.3, 0.4) is 0 Å². The monoisotopic (exact) mass is 344 g/mol. The zero-order chi connectivity index (χ0) is 17.2. The summed E-state index contributed by atoms with van der Waals surface area (Å²) in [4.78, 5) is 12.4. The van der Waals surface area contributed by atoms with Gasteiger partial charge in [-0.3, -0.25) is 10.00 Å². The van der Waals surface area contributed by atoms with Crippen molar-refractivity contribution >= 4 is 11.8 Å². The molecule has 2 N–H and O–H groups in total. The smallest absolute Gasteiger partial charge is 0.320 e. The normalized spacial score (nSPS) is 23.1. The summed E-state index contributed by atoms with van der Waals surface area (Å²) in [6, 6.07) is 3.68. The summed E-state index contributed by atoms with van der Waals surface area (Å²) in [5, 5.41) is 10.5. The summed E-state index contributed by atoms with van der Waals surface area (Å²) in [5.74, 6) is 1.99. The number of rotatable bonds is 3. The first-order valence-electron chi connectivity index (χ1n) is 8.96. The number of nitrogens with one attached hydrogen (secondary N) is 2. The number of anilines is 1. The number of hydrogen-bond acceptors (Lipinski definition) is 4. The van der Waals surface area contributed by atoms with E-state index in [0.29, 0.717) is 18.3 Å². The van der Waals surface area contributed by atoms with Crippen molar-refractivity contribution in [2.45, 2.75) is 44.1 Å². The Morgan fingerprint density at radius 3 is 3.12 bits per heavy atom. The van der Waals surface area contributed by atoms with Gasteiger partial charge < -0.3 is 14.5 Å². The summed E-state index contributed by atoms with van der Waals surface area (Å²) >= 11 is 0. The van der Waals surface area contributed by atoms with Gasteiger partial charge in [-0.1, -0.05) is 0 Å². The number of fused-ring (bicyclic) bond motifs is 1. The average Bonchev–Trinajstić information content (AvgIpc) is 3.23. The van der Waals surface area contributed by atoms with E-state index >= 15 is 0 Å². The molecule has 134 valence electrons. The van der Waals surface area contributed by atoms with Crippen LogP contribution in [0, 0.1) is 0 Å². The molecular formula is C18H24N4O3. The summed E-state index contributed by atoms with van der Waals surface area (Å²) in [6.07, 6.45) is 6.71. The van der Waals surface area contributed by atoms with Crippen LogP contribution < -0.4 is 10.6 Å². The van der Waals surface area contributed by atoms with Gasteiger partial charge in [0.05, 0.1) is 24.6 Å². The van der Waals surface area contributed by atoms with E-state index in [9.17, 15) is 4.79 Å². The Morgan fingerprint density at radius 2 is 2.28 bits per heavy atom. The van der Waals surface area contributed by atoms with Crippen molar-refractivity contribution in [2.24, 2.45) is 7.05 Å². The quantitative estimate of drug-likeness (QED) is 0.896. The van der Waals surface area contributed by atoms with E-state index in [-0.39, 0.29) is 12.1 Å². The zero-order valence-corrected chi connectivity index (χ0v) is 14.5. The van der Waals surface area contributed by atoms with Crippen LogP contribution in [0.1, 0.15) is 54.7 Å². The van der Waals surface area contributed by atoms with Crippen LogP contribution in [0.15, 0.2) is 22.8 Å². The highest BCUT2D eigenvalue weighted by Gasteiger charge is 2.25. The Bertz CT molecular complexity index is 745. The Labute approximate surface area is 146 Å². The van der Waals surface area contributed by atoms with Gasteiger partial charge in [0.25, 0.3) is 0 Å². The lowest BCUT2D eigenvalue weighted by molar-refractivity contribution is 0.0791. The van der Waals surface area contributed by atoms with E-state index in [1.165, 1.54) is 0 Å². The summed E-state index contributed by atoms with van der Waals surface area (Å²) in [5.41, 5.74) is 2.07. The number of ether oxygens (including phenoxy) is 1. The second kappa shape index (κ2) is 6.92. The fourth-order valence-corrected chi connectivity index (χ4v) is 3.73. The van der Waals surface area contributed by atoms with Crippen LogP contribution in [-0.4, -0.2) is 29.0 Å². The number of amides is 2. The van der Waals surface area contributed by atoms with Crippen LogP contribution in [0.25, 0.3) is 0 Å². The van der Waals surface area contributed by atoms with Gasteiger partial charge in [0.1, 0.15) is 11.6 Å². The van der Waals surface area contributed by atoms with Crippen LogP contribution in [0.2, 0.25) is 0 Å². The minimum Gasteiger partial charge on any atom is -0.469 e. The van der Waals surface area contributed by atoms with E-state index in [1.54, 1.807) is 10.9 Å². The van der Waals surface area contributed by atoms with Gasteiger partial charge in [0, 0.05) is 37.6 Å². The maximum Gasteiger partial charge on any atom is 0.320 e. The summed E-state index contributed by atoms with van der Waals surface area (Å²) in [6.45, 7) is 1.53. The molecule has 1 fully saturated rings. The van der Waals surface area contributed by atoms with Crippen molar-refractivity contribution in [1.82, 2.24) is 15.1 Å². The molecule has 7 heteroatoms. The number of furan rings is 1. The molecule has 1 aliphatic carbocycles. The number of carbonyl (C=O) groups excluding carboxylic acids is 1. The molecule has 0 spiro atoms. The lowest BCUT2D eigenvalue weighted by atomic mass is 9.93. The zero-order valence-electron chi connectivity index (χ0n) is 14.5. The molecule has 4 rings (SSSR count).